The Labute approximate surface area is 84.4 Å². The molecule has 2 N–H and O–H groups in total. The second-order valence-electron chi connectivity index (χ2n) is 3.47. The van der Waals surface area contributed by atoms with E-state index in [0.717, 1.165) is 0 Å². The Hall–Kier alpha value is -1.60. The van der Waals surface area contributed by atoms with E-state index in [1.807, 2.05) is 6.07 Å². The smallest absolute Gasteiger partial charge is 0.134 e. The van der Waals surface area contributed by atoms with Gasteiger partial charge in [-0.25, -0.2) is 0 Å². The summed E-state index contributed by atoms with van der Waals surface area (Å²) in [5.41, 5.74) is 3.80. The van der Waals surface area contributed by atoms with Crippen LogP contribution in [-0.2, 0) is 0 Å². The minimum Gasteiger partial charge on any atom is -0.282 e. The molecule has 0 fully saturated rings. The van der Waals surface area contributed by atoms with Gasteiger partial charge >= 0.3 is 0 Å². The van der Waals surface area contributed by atoms with Crippen LogP contribution < -0.4 is 5.32 Å². The third-order valence-electron chi connectivity index (χ3n) is 2.21. The van der Waals surface area contributed by atoms with Crippen LogP contribution >= 0.6 is 0 Å². The molecule has 0 unspecified atom stereocenters. The number of aryl methyl sites for hydroxylation is 1. The third kappa shape index (κ3) is 2.21. The van der Waals surface area contributed by atoms with Gasteiger partial charge in [0.2, 0.25) is 0 Å². The highest BCUT2D eigenvalue weighted by molar-refractivity contribution is 5.37. The minimum atomic E-state index is 1.25. The lowest BCUT2D eigenvalue weighted by atomic mass is 10.2. The van der Waals surface area contributed by atoms with Crippen LogP contribution in [-0.4, -0.2) is 0 Å². The Kier molecular flexibility index (Phi) is 2.61. The fourth-order valence-corrected chi connectivity index (χ4v) is 1.40. The van der Waals surface area contributed by atoms with E-state index in [1.54, 1.807) is 0 Å². The molecule has 0 aliphatic rings. The SMILES string of the molecule is Cc1ccc([NH2+]c2ccccc2)cc1. The summed E-state index contributed by atoms with van der Waals surface area (Å²) >= 11 is 0. The monoisotopic (exact) mass is 184 g/mol. The van der Waals surface area contributed by atoms with E-state index in [4.69, 9.17) is 0 Å². The van der Waals surface area contributed by atoms with E-state index in [2.05, 4.69) is 60.8 Å². The molecule has 0 amide bonds. The van der Waals surface area contributed by atoms with E-state index < -0.39 is 0 Å². The fourth-order valence-electron chi connectivity index (χ4n) is 1.40. The first-order chi connectivity index (χ1) is 6.84. The zero-order valence-corrected chi connectivity index (χ0v) is 8.27. The van der Waals surface area contributed by atoms with Crippen LogP contribution in [0.25, 0.3) is 0 Å². The first-order valence-electron chi connectivity index (χ1n) is 4.81. The Balaban J connectivity index is 2.16. The summed E-state index contributed by atoms with van der Waals surface area (Å²) in [6, 6.07) is 18.9. The van der Waals surface area contributed by atoms with Crippen molar-refractivity contribution < 1.29 is 5.32 Å². The van der Waals surface area contributed by atoms with Crippen molar-refractivity contribution >= 4 is 11.4 Å². The molecule has 0 radical (unpaired) electrons. The molecule has 70 valence electrons. The molecule has 2 aromatic carbocycles. The normalized spacial score (nSPS) is 10.1. The van der Waals surface area contributed by atoms with Crippen molar-refractivity contribution in [3.8, 4) is 0 Å². The molecule has 0 aliphatic carbocycles. The van der Waals surface area contributed by atoms with Gasteiger partial charge in [-0.1, -0.05) is 35.9 Å². The van der Waals surface area contributed by atoms with Crippen molar-refractivity contribution in [3.63, 3.8) is 0 Å². The molecule has 1 heteroatoms. The maximum atomic E-state index is 2.18. The number of nitrogens with two attached hydrogens (primary N) is 1. The maximum Gasteiger partial charge on any atom is 0.134 e. The van der Waals surface area contributed by atoms with Crippen LogP contribution in [0.1, 0.15) is 5.56 Å². The number of hydrogen-bond donors (Lipinski definition) is 1. The fraction of sp³-hybridized carbons (Fsp3) is 0.0769. The average Bonchev–Trinajstić information content (AvgIpc) is 2.23. The van der Waals surface area contributed by atoms with E-state index in [0.29, 0.717) is 0 Å². The lowest BCUT2D eigenvalue weighted by Crippen LogP contribution is -2.70. The topological polar surface area (TPSA) is 16.6 Å². The van der Waals surface area contributed by atoms with Gasteiger partial charge in [0.25, 0.3) is 0 Å². The lowest BCUT2D eigenvalue weighted by Gasteiger charge is -1.99. The summed E-state index contributed by atoms with van der Waals surface area (Å²) in [4.78, 5) is 0. The highest BCUT2D eigenvalue weighted by atomic mass is 14.9. The molecule has 0 saturated heterocycles. The van der Waals surface area contributed by atoms with Crippen LogP contribution in [0.5, 0.6) is 0 Å². The van der Waals surface area contributed by atoms with Gasteiger partial charge in [0.1, 0.15) is 11.4 Å². The van der Waals surface area contributed by atoms with Gasteiger partial charge in [-0.3, -0.25) is 5.32 Å². The summed E-state index contributed by atoms with van der Waals surface area (Å²) in [7, 11) is 0. The largest absolute Gasteiger partial charge is 0.282 e. The number of quaternary nitrogens is 1. The van der Waals surface area contributed by atoms with Crippen molar-refractivity contribution in [3.05, 3.63) is 60.2 Å². The van der Waals surface area contributed by atoms with Crippen molar-refractivity contribution in [1.29, 1.82) is 0 Å². The van der Waals surface area contributed by atoms with Crippen molar-refractivity contribution in [2.24, 2.45) is 0 Å². The Morgan fingerprint density at radius 1 is 0.714 bits per heavy atom. The van der Waals surface area contributed by atoms with Crippen molar-refractivity contribution in [1.82, 2.24) is 0 Å². The molecular formula is C13H14N+. The molecule has 0 aliphatic heterocycles. The zero-order valence-electron chi connectivity index (χ0n) is 8.27. The van der Waals surface area contributed by atoms with Crippen LogP contribution in [0.3, 0.4) is 0 Å². The molecular weight excluding hydrogens is 170 g/mol. The number of rotatable bonds is 2. The van der Waals surface area contributed by atoms with Crippen LogP contribution in [0, 0.1) is 6.92 Å². The highest BCUT2D eigenvalue weighted by Gasteiger charge is 1.97. The summed E-state index contributed by atoms with van der Waals surface area (Å²) in [6.45, 7) is 2.10. The predicted molar refractivity (Wildman–Crippen MR) is 58.9 cm³/mol. The second-order valence-corrected chi connectivity index (χ2v) is 3.47. The summed E-state index contributed by atoms with van der Waals surface area (Å²) < 4.78 is 0. The zero-order chi connectivity index (χ0) is 9.80. The molecule has 0 bridgehead atoms. The molecule has 0 heterocycles. The van der Waals surface area contributed by atoms with Gasteiger partial charge in [-0.15, -0.1) is 0 Å². The Morgan fingerprint density at radius 3 is 1.93 bits per heavy atom. The Bertz CT molecular complexity index is 389. The van der Waals surface area contributed by atoms with E-state index in [9.17, 15) is 0 Å². The molecule has 0 saturated carbocycles. The van der Waals surface area contributed by atoms with Gasteiger partial charge in [-0.05, 0) is 31.2 Å². The molecule has 0 aromatic heterocycles. The molecule has 2 aromatic rings. The van der Waals surface area contributed by atoms with Gasteiger partial charge in [0.15, 0.2) is 0 Å². The summed E-state index contributed by atoms with van der Waals surface area (Å²) in [6.07, 6.45) is 0. The molecule has 2 rings (SSSR count). The summed E-state index contributed by atoms with van der Waals surface area (Å²) in [5.74, 6) is 0. The van der Waals surface area contributed by atoms with Crippen LogP contribution in [0.2, 0.25) is 0 Å². The van der Waals surface area contributed by atoms with Crippen molar-refractivity contribution in [2.45, 2.75) is 6.92 Å². The number of para-hydroxylation sites is 1. The lowest BCUT2D eigenvalue weighted by molar-refractivity contribution is -0.478. The van der Waals surface area contributed by atoms with E-state index in [1.165, 1.54) is 16.9 Å². The molecule has 0 spiro atoms. The standard InChI is InChI=1S/C13H13N/c1-11-7-9-13(10-8-11)14-12-5-3-2-4-6-12/h2-10,14H,1H3/p+1. The predicted octanol–water partition coefficient (Wildman–Crippen LogP) is 2.52. The third-order valence-corrected chi connectivity index (χ3v) is 2.21. The minimum absolute atomic E-state index is 1.25. The highest BCUT2D eigenvalue weighted by Crippen LogP contribution is 2.05. The number of hydrogen-bond acceptors (Lipinski definition) is 0. The van der Waals surface area contributed by atoms with E-state index >= 15 is 0 Å². The van der Waals surface area contributed by atoms with Gasteiger partial charge < -0.3 is 0 Å². The quantitative estimate of drug-likeness (QED) is 0.691. The van der Waals surface area contributed by atoms with Crippen molar-refractivity contribution in [2.75, 3.05) is 0 Å². The molecule has 0 atom stereocenters. The molecule has 1 nitrogen and oxygen atoms in total. The second kappa shape index (κ2) is 4.07. The van der Waals surface area contributed by atoms with Gasteiger partial charge in [0.05, 0.1) is 0 Å². The maximum absolute atomic E-state index is 2.18. The van der Waals surface area contributed by atoms with Gasteiger partial charge in [0, 0.05) is 0 Å². The van der Waals surface area contributed by atoms with E-state index in [-0.39, 0.29) is 0 Å². The van der Waals surface area contributed by atoms with Crippen LogP contribution in [0.15, 0.2) is 54.6 Å². The number of benzene rings is 2. The Morgan fingerprint density at radius 2 is 1.29 bits per heavy atom. The van der Waals surface area contributed by atoms with Crippen LogP contribution in [0.4, 0.5) is 11.4 Å². The average molecular weight is 184 g/mol. The van der Waals surface area contributed by atoms with Gasteiger partial charge in [-0.2, -0.15) is 0 Å². The molecule has 14 heavy (non-hydrogen) atoms. The first kappa shape index (κ1) is 8.97. The summed E-state index contributed by atoms with van der Waals surface area (Å²) in [5, 5.41) is 2.18. The first-order valence-corrected chi connectivity index (χ1v) is 4.81.